The molecule has 1 heterocycles. The number of nitrogens with one attached hydrogen (secondary N) is 1. The van der Waals surface area contributed by atoms with Crippen molar-refractivity contribution in [2.75, 3.05) is 6.54 Å². The van der Waals surface area contributed by atoms with Crippen molar-refractivity contribution in [3.63, 3.8) is 0 Å². The highest BCUT2D eigenvalue weighted by Crippen LogP contribution is 2.13. The van der Waals surface area contributed by atoms with Crippen molar-refractivity contribution in [2.24, 2.45) is 10.7 Å². The van der Waals surface area contributed by atoms with Gasteiger partial charge in [0.2, 0.25) is 0 Å². The first-order valence-electron chi connectivity index (χ1n) is 8.61. The van der Waals surface area contributed by atoms with Crippen LogP contribution in [0.3, 0.4) is 0 Å². The van der Waals surface area contributed by atoms with E-state index < -0.39 is 0 Å². The molecule has 2 aromatic carbocycles. The van der Waals surface area contributed by atoms with Crippen LogP contribution in [0.2, 0.25) is 0 Å². The molecule has 0 spiro atoms. The standard InChI is InChI=1S/C21H23N3OS/c22-21(23-12-11-20-10-5-13-26-20)24-15-17-6-4-7-18(14-17)16-25-19-8-2-1-3-9-19/h1-10,13-14H,11-12,15-16H2,(H3,22,23,24). The number of nitrogens with zero attached hydrogens (tertiary/aromatic N) is 1. The molecule has 26 heavy (non-hydrogen) atoms. The normalized spacial score (nSPS) is 11.3. The van der Waals surface area contributed by atoms with E-state index in [0.717, 1.165) is 29.8 Å². The number of para-hydroxylation sites is 1. The van der Waals surface area contributed by atoms with Gasteiger partial charge in [-0.1, -0.05) is 48.5 Å². The van der Waals surface area contributed by atoms with Crippen molar-refractivity contribution < 1.29 is 4.74 Å². The summed E-state index contributed by atoms with van der Waals surface area (Å²) in [5, 5.41) is 5.25. The summed E-state index contributed by atoms with van der Waals surface area (Å²) in [4.78, 5) is 5.76. The summed E-state index contributed by atoms with van der Waals surface area (Å²) in [6, 6.07) is 22.2. The van der Waals surface area contributed by atoms with Crippen LogP contribution in [-0.4, -0.2) is 12.5 Å². The van der Waals surface area contributed by atoms with Crippen LogP contribution in [0.5, 0.6) is 5.75 Å². The molecule has 0 fully saturated rings. The predicted molar refractivity (Wildman–Crippen MR) is 109 cm³/mol. The molecule has 5 heteroatoms. The van der Waals surface area contributed by atoms with Crippen LogP contribution in [0.1, 0.15) is 16.0 Å². The molecule has 4 nitrogen and oxygen atoms in total. The number of thiophene rings is 1. The Kier molecular flexibility index (Phi) is 6.67. The van der Waals surface area contributed by atoms with E-state index in [0.29, 0.717) is 19.1 Å². The SMILES string of the molecule is NC(=NCc1cccc(COc2ccccc2)c1)NCCc1cccs1. The molecule has 0 atom stereocenters. The number of benzene rings is 2. The van der Waals surface area contributed by atoms with E-state index in [1.54, 1.807) is 11.3 Å². The maximum atomic E-state index is 5.95. The molecule has 0 aliphatic carbocycles. The van der Waals surface area contributed by atoms with E-state index in [1.165, 1.54) is 4.88 Å². The summed E-state index contributed by atoms with van der Waals surface area (Å²) < 4.78 is 5.79. The summed E-state index contributed by atoms with van der Waals surface area (Å²) in [7, 11) is 0. The lowest BCUT2D eigenvalue weighted by Crippen LogP contribution is -2.33. The molecule has 3 N–H and O–H groups in total. The van der Waals surface area contributed by atoms with E-state index >= 15 is 0 Å². The van der Waals surface area contributed by atoms with Gasteiger partial charge in [-0.3, -0.25) is 0 Å². The highest BCUT2D eigenvalue weighted by Gasteiger charge is 1.99. The van der Waals surface area contributed by atoms with Gasteiger partial charge in [-0.05, 0) is 41.1 Å². The van der Waals surface area contributed by atoms with Crippen molar-refractivity contribution >= 4 is 17.3 Å². The van der Waals surface area contributed by atoms with Crippen molar-refractivity contribution in [1.82, 2.24) is 5.32 Å². The molecule has 134 valence electrons. The molecule has 0 unspecified atom stereocenters. The Morgan fingerprint density at radius 1 is 1.00 bits per heavy atom. The zero-order chi connectivity index (χ0) is 18.0. The van der Waals surface area contributed by atoms with E-state index in [-0.39, 0.29) is 0 Å². The quantitative estimate of drug-likeness (QED) is 0.469. The topological polar surface area (TPSA) is 59.6 Å². The van der Waals surface area contributed by atoms with Gasteiger partial charge in [-0.2, -0.15) is 0 Å². The molecule has 3 rings (SSSR count). The lowest BCUT2D eigenvalue weighted by molar-refractivity contribution is 0.306. The van der Waals surface area contributed by atoms with Gasteiger partial charge < -0.3 is 15.8 Å². The van der Waals surface area contributed by atoms with Gasteiger partial charge in [0, 0.05) is 11.4 Å². The Balaban J connectivity index is 1.46. The minimum absolute atomic E-state index is 0.479. The van der Waals surface area contributed by atoms with Gasteiger partial charge >= 0.3 is 0 Å². The molecule has 0 bridgehead atoms. The highest BCUT2D eigenvalue weighted by molar-refractivity contribution is 7.09. The van der Waals surface area contributed by atoms with Gasteiger partial charge in [0.05, 0.1) is 6.54 Å². The van der Waals surface area contributed by atoms with Gasteiger partial charge in [0.1, 0.15) is 12.4 Å². The largest absolute Gasteiger partial charge is 0.489 e. The van der Waals surface area contributed by atoms with E-state index in [2.05, 4.69) is 46.0 Å². The smallest absolute Gasteiger partial charge is 0.188 e. The van der Waals surface area contributed by atoms with Crippen LogP contribution in [0.25, 0.3) is 0 Å². The third-order valence-corrected chi connectivity index (χ3v) is 4.77. The summed E-state index contributed by atoms with van der Waals surface area (Å²) in [5.41, 5.74) is 8.18. The van der Waals surface area contributed by atoms with Crippen LogP contribution >= 0.6 is 11.3 Å². The first-order valence-corrected chi connectivity index (χ1v) is 9.49. The highest BCUT2D eigenvalue weighted by atomic mass is 32.1. The van der Waals surface area contributed by atoms with Crippen molar-refractivity contribution in [1.29, 1.82) is 0 Å². The average molecular weight is 366 g/mol. The third kappa shape index (κ3) is 5.93. The van der Waals surface area contributed by atoms with Gasteiger partial charge in [-0.15, -0.1) is 11.3 Å². The maximum absolute atomic E-state index is 5.95. The van der Waals surface area contributed by atoms with Crippen LogP contribution in [0, 0.1) is 0 Å². The third-order valence-electron chi connectivity index (χ3n) is 3.83. The molecule has 0 amide bonds. The first kappa shape index (κ1) is 18.0. The second-order valence-corrected chi connectivity index (χ2v) is 6.91. The molecule has 0 aliphatic rings. The summed E-state index contributed by atoms with van der Waals surface area (Å²) >= 11 is 1.76. The van der Waals surface area contributed by atoms with E-state index in [9.17, 15) is 0 Å². The molecule has 0 saturated carbocycles. The zero-order valence-electron chi connectivity index (χ0n) is 14.6. The molecule has 1 aromatic heterocycles. The first-order chi connectivity index (χ1) is 12.8. The van der Waals surface area contributed by atoms with Gasteiger partial charge in [0.25, 0.3) is 0 Å². The van der Waals surface area contributed by atoms with Gasteiger partial charge in [-0.25, -0.2) is 4.99 Å². The Hall–Kier alpha value is -2.79. The second-order valence-electron chi connectivity index (χ2n) is 5.88. The van der Waals surface area contributed by atoms with E-state index in [1.807, 2.05) is 36.4 Å². The number of rotatable bonds is 8. The lowest BCUT2D eigenvalue weighted by Gasteiger charge is -2.08. The fourth-order valence-electron chi connectivity index (χ4n) is 2.50. The summed E-state index contributed by atoms with van der Waals surface area (Å²) in [5.74, 6) is 1.35. The molecular formula is C21H23N3OS. The van der Waals surface area contributed by atoms with Crippen LogP contribution < -0.4 is 15.8 Å². The number of nitrogens with two attached hydrogens (primary N) is 1. The number of guanidine groups is 1. The Morgan fingerprint density at radius 3 is 2.65 bits per heavy atom. The predicted octanol–water partition coefficient (Wildman–Crippen LogP) is 3.97. The minimum Gasteiger partial charge on any atom is -0.489 e. The maximum Gasteiger partial charge on any atom is 0.188 e. The van der Waals surface area contributed by atoms with Crippen molar-refractivity contribution in [3.05, 3.63) is 88.1 Å². The number of hydrogen-bond donors (Lipinski definition) is 2. The Morgan fingerprint density at radius 2 is 1.85 bits per heavy atom. The fraction of sp³-hybridized carbons (Fsp3) is 0.190. The lowest BCUT2D eigenvalue weighted by atomic mass is 10.1. The van der Waals surface area contributed by atoms with Crippen LogP contribution in [-0.2, 0) is 19.6 Å². The van der Waals surface area contributed by atoms with Gasteiger partial charge in [0.15, 0.2) is 5.96 Å². The number of aliphatic imine (C=N–C) groups is 1. The molecule has 0 aliphatic heterocycles. The minimum atomic E-state index is 0.479. The monoisotopic (exact) mass is 365 g/mol. The molecule has 0 saturated heterocycles. The Labute approximate surface area is 158 Å². The second kappa shape index (κ2) is 9.63. The number of ether oxygens (including phenoxy) is 1. The molecule has 3 aromatic rings. The van der Waals surface area contributed by atoms with E-state index in [4.69, 9.17) is 10.5 Å². The summed E-state index contributed by atoms with van der Waals surface area (Å²) in [6.45, 7) is 1.88. The van der Waals surface area contributed by atoms with Crippen molar-refractivity contribution in [3.8, 4) is 5.75 Å². The van der Waals surface area contributed by atoms with Crippen LogP contribution in [0.4, 0.5) is 0 Å². The average Bonchev–Trinajstić information content (AvgIpc) is 3.19. The van der Waals surface area contributed by atoms with Crippen LogP contribution in [0.15, 0.2) is 77.1 Å². The molecule has 0 radical (unpaired) electrons. The Bertz CT molecular complexity index is 816. The summed E-state index contributed by atoms with van der Waals surface area (Å²) in [6.07, 6.45) is 0.959. The fourth-order valence-corrected chi connectivity index (χ4v) is 3.21. The molecular weight excluding hydrogens is 342 g/mol. The zero-order valence-corrected chi connectivity index (χ0v) is 15.4. The number of hydrogen-bond acceptors (Lipinski definition) is 3. The van der Waals surface area contributed by atoms with Crippen molar-refractivity contribution in [2.45, 2.75) is 19.6 Å².